The molecule has 1 fully saturated rings. The van der Waals surface area contributed by atoms with E-state index in [4.69, 9.17) is 4.74 Å². The summed E-state index contributed by atoms with van der Waals surface area (Å²) in [5, 5.41) is 21.3. The van der Waals surface area contributed by atoms with Crippen molar-refractivity contribution in [2.75, 3.05) is 31.6 Å². The number of hydrogen-bond donors (Lipinski definition) is 2. The number of anilines is 1. The number of nitrogens with zero attached hydrogens (tertiary/aromatic N) is 3. The van der Waals surface area contributed by atoms with Gasteiger partial charge in [-0.3, -0.25) is 10.1 Å². The van der Waals surface area contributed by atoms with Crippen LogP contribution in [0.15, 0.2) is 0 Å². The van der Waals surface area contributed by atoms with E-state index in [0.29, 0.717) is 24.7 Å². The summed E-state index contributed by atoms with van der Waals surface area (Å²) >= 11 is 0. The molecule has 2 heterocycles. The first-order valence-electron chi connectivity index (χ1n) is 5.83. The molecule has 8 nitrogen and oxygen atoms in total. The number of aryl methyl sites for hydroxylation is 2. The lowest BCUT2D eigenvalue weighted by molar-refractivity contribution is -0.384. The molecule has 0 saturated carbocycles. The maximum Gasteiger partial charge on any atom is 0.333 e. The second kappa shape index (κ2) is 5.32. The van der Waals surface area contributed by atoms with E-state index in [-0.39, 0.29) is 11.8 Å². The molecule has 2 N–H and O–H groups in total. The van der Waals surface area contributed by atoms with Crippen molar-refractivity contribution < 1.29 is 9.66 Å². The highest BCUT2D eigenvalue weighted by Crippen LogP contribution is 2.27. The molecule has 2 rings (SSSR count). The third-order valence-corrected chi connectivity index (χ3v) is 2.87. The Hall–Kier alpha value is -1.67. The van der Waals surface area contributed by atoms with Gasteiger partial charge in [-0.15, -0.1) is 0 Å². The minimum atomic E-state index is -0.412. The fraction of sp³-hybridized carbons (Fsp3) is 0.700. The van der Waals surface area contributed by atoms with Gasteiger partial charge in [0.15, 0.2) is 0 Å². The van der Waals surface area contributed by atoms with Crippen LogP contribution in [0.25, 0.3) is 0 Å². The van der Waals surface area contributed by atoms with Crippen molar-refractivity contribution in [3.05, 3.63) is 15.8 Å². The Kier molecular flexibility index (Phi) is 3.78. The van der Waals surface area contributed by atoms with Crippen LogP contribution in [0.2, 0.25) is 0 Å². The molecule has 1 atom stereocenters. The first kappa shape index (κ1) is 12.8. The normalized spacial score (nSPS) is 19.8. The zero-order chi connectivity index (χ0) is 13.1. The molecule has 18 heavy (non-hydrogen) atoms. The molecule has 1 aromatic rings. The Morgan fingerprint density at radius 1 is 1.72 bits per heavy atom. The topological polar surface area (TPSA) is 94.2 Å². The Labute approximate surface area is 104 Å². The highest BCUT2D eigenvalue weighted by Gasteiger charge is 2.24. The van der Waals surface area contributed by atoms with E-state index in [1.54, 1.807) is 14.0 Å². The van der Waals surface area contributed by atoms with E-state index in [2.05, 4.69) is 15.7 Å². The fourth-order valence-electron chi connectivity index (χ4n) is 2.03. The van der Waals surface area contributed by atoms with E-state index in [1.807, 2.05) is 0 Å². The van der Waals surface area contributed by atoms with Crippen molar-refractivity contribution in [1.29, 1.82) is 0 Å². The molecule has 1 saturated heterocycles. The van der Waals surface area contributed by atoms with Crippen LogP contribution in [0.3, 0.4) is 0 Å². The van der Waals surface area contributed by atoms with Gasteiger partial charge in [0.25, 0.3) is 0 Å². The van der Waals surface area contributed by atoms with Gasteiger partial charge in [0.05, 0.1) is 17.6 Å². The van der Waals surface area contributed by atoms with Crippen LogP contribution in [0.4, 0.5) is 11.5 Å². The second-order valence-electron chi connectivity index (χ2n) is 4.24. The lowest BCUT2D eigenvalue weighted by atomic mass is 10.3. The third-order valence-electron chi connectivity index (χ3n) is 2.87. The van der Waals surface area contributed by atoms with Crippen molar-refractivity contribution in [3.8, 4) is 0 Å². The fourth-order valence-corrected chi connectivity index (χ4v) is 2.03. The molecule has 1 aliphatic heterocycles. The molecule has 1 aliphatic rings. The van der Waals surface area contributed by atoms with Gasteiger partial charge in [0, 0.05) is 26.7 Å². The highest BCUT2D eigenvalue weighted by atomic mass is 16.6. The molecule has 8 heteroatoms. The maximum atomic E-state index is 11.0. The Bertz CT molecular complexity index is 439. The second-order valence-corrected chi connectivity index (χ2v) is 4.24. The predicted molar refractivity (Wildman–Crippen MR) is 65.7 cm³/mol. The summed E-state index contributed by atoms with van der Waals surface area (Å²) in [6.07, 6.45) is 0.0218. The van der Waals surface area contributed by atoms with Crippen molar-refractivity contribution in [1.82, 2.24) is 15.1 Å². The van der Waals surface area contributed by atoms with Gasteiger partial charge in [-0.05, 0) is 6.92 Å². The number of hydrogen-bond acceptors (Lipinski definition) is 6. The van der Waals surface area contributed by atoms with Crippen LogP contribution < -0.4 is 10.6 Å². The van der Waals surface area contributed by atoms with Crippen molar-refractivity contribution in [2.24, 2.45) is 7.05 Å². The summed E-state index contributed by atoms with van der Waals surface area (Å²) in [6.45, 7) is 4.41. The molecule has 0 bridgehead atoms. The van der Waals surface area contributed by atoms with E-state index < -0.39 is 4.92 Å². The Morgan fingerprint density at radius 3 is 3.11 bits per heavy atom. The van der Waals surface area contributed by atoms with Crippen LogP contribution in [-0.2, 0) is 11.8 Å². The molecule has 1 unspecified atom stereocenters. The summed E-state index contributed by atoms with van der Waals surface area (Å²) in [5.74, 6) is 0.423. The van der Waals surface area contributed by atoms with Crippen LogP contribution in [0, 0.1) is 17.0 Å². The number of rotatable bonds is 4. The Balaban J connectivity index is 2.06. The smallest absolute Gasteiger partial charge is 0.333 e. The number of nitrogens with one attached hydrogen (secondary N) is 2. The third kappa shape index (κ3) is 2.59. The molecule has 0 aliphatic carbocycles. The van der Waals surface area contributed by atoms with Crippen molar-refractivity contribution >= 4 is 11.5 Å². The van der Waals surface area contributed by atoms with Gasteiger partial charge in [-0.25, -0.2) is 4.68 Å². The Morgan fingerprint density at radius 2 is 2.50 bits per heavy atom. The molecule has 0 amide bonds. The quantitative estimate of drug-likeness (QED) is 0.582. The summed E-state index contributed by atoms with van der Waals surface area (Å²) < 4.78 is 7.01. The zero-order valence-electron chi connectivity index (χ0n) is 10.5. The van der Waals surface area contributed by atoms with Crippen LogP contribution in [-0.4, -0.2) is 47.0 Å². The molecule has 1 aromatic heterocycles. The van der Waals surface area contributed by atoms with Gasteiger partial charge in [-0.1, -0.05) is 0 Å². The first-order valence-corrected chi connectivity index (χ1v) is 5.83. The highest BCUT2D eigenvalue weighted by molar-refractivity contribution is 5.59. The molecule has 0 spiro atoms. The molecule has 0 radical (unpaired) electrons. The van der Waals surface area contributed by atoms with Gasteiger partial charge in [0.1, 0.15) is 5.69 Å². The predicted octanol–water partition coefficient (Wildman–Crippen LogP) is 0.0370. The lowest BCUT2D eigenvalue weighted by Gasteiger charge is -2.23. The average molecular weight is 255 g/mol. The standard InChI is InChI=1S/C10H17N5O3/c1-7-9(15(16)17)10(14(2)13-7)12-6-8-5-11-3-4-18-8/h8,11-12H,3-6H2,1-2H3. The molecular formula is C10H17N5O3. The van der Waals surface area contributed by atoms with Crippen LogP contribution in [0.5, 0.6) is 0 Å². The van der Waals surface area contributed by atoms with E-state index in [1.165, 1.54) is 4.68 Å². The SMILES string of the molecule is Cc1nn(C)c(NCC2CNCCO2)c1[N+](=O)[O-]. The van der Waals surface area contributed by atoms with E-state index in [0.717, 1.165) is 13.1 Å². The minimum absolute atomic E-state index is 0.0218. The van der Waals surface area contributed by atoms with Gasteiger partial charge in [0.2, 0.25) is 5.82 Å². The maximum absolute atomic E-state index is 11.0. The van der Waals surface area contributed by atoms with E-state index >= 15 is 0 Å². The molecular weight excluding hydrogens is 238 g/mol. The van der Waals surface area contributed by atoms with Crippen molar-refractivity contribution in [3.63, 3.8) is 0 Å². The molecule has 0 aromatic carbocycles. The van der Waals surface area contributed by atoms with Gasteiger partial charge in [-0.2, -0.15) is 5.10 Å². The largest absolute Gasteiger partial charge is 0.374 e. The monoisotopic (exact) mass is 255 g/mol. The number of aromatic nitrogens is 2. The summed E-state index contributed by atoms with van der Waals surface area (Å²) in [4.78, 5) is 10.6. The first-order chi connectivity index (χ1) is 8.59. The van der Waals surface area contributed by atoms with Crippen LogP contribution in [0.1, 0.15) is 5.69 Å². The van der Waals surface area contributed by atoms with Crippen LogP contribution >= 0.6 is 0 Å². The van der Waals surface area contributed by atoms with Crippen molar-refractivity contribution in [2.45, 2.75) is 13.0 Å². The van der Waals surface area contributed by atoms with Gasteiger partial charge < -0.3 is 15.4 Å². The number of morpholine rings is 1. The molecule has 100 valence electrons. The van der Waals surface area contributed by atoms with Gasteiger partial charge >= 0.3 is 5.69 Å². The number of ether oxygens (including phenoxy) is 1. The van der Waals surface area contributed by atoms with E-state index in [9.17, 15) is 10.1 Å². The lowest BCUT2D eigenvalue weighted by Crippen LogP contribution is -2.42. The zero-order valence-corrected chi connectivity index (χ0v) is 10.5. The minimum Gasteiger partial charge on any atom is -0.374 e. The number of nitro groups is 1. The summed E-state index contributed by atoms with van der Waals surface area (Å²) in [6, 6.07) is 0. The summed E-state index contributed by atoms with van der Waals surface area (Å²) in [7, 11) is 1.68. The summed E-state index contributed by atoms with van der Waals surface area (Å²) in [5.41, 5.74) is 0.439. The average Bonchev–Trinajstić information content (AvgIpc) is 2.62.